The van der Waals surface area contributed by atoms with E-state index in [9.17, 15) is 8.78 Å². The largest absolute Gasteiger partial charge is 0.505 e. The Morgan fingerprint density at radius 1 is 1.36 bits per heavy atom. The summed E-state index contributed by atoms with van der Waals surface area (Å²) in [6, 6.07) is 2.54. The highest BCUT2D eigenvalue weighted by Crippen LogP contribution is 2.27. The molecule has 1 aromatic rings. The molecule has 0 bridgehead atoms. The maximum absolute atomic E-state index is 13.3. The lowest BCUT2D eigenvalue weighted by molar-refractivity contribution is 0.401. The van der Waals surface area contributed by atoms with Crippen molar-refractivity contribution in [2.24, 2.45) is 5.73 Å². The number of rotatable bonds is 3. The molecule has 0 aliphatic rings. The van der Waals surface area contributed by atoms with Crippen LogP contribution in [0.5, 0.6) is 5.75 Å². The Morgan fingerprint density at radius 2 is 2.00 bits per heavy atom. The fourth-order valence-electron chi connectivity index (χ4n) is 1.34. The first-order valence-electron chi connectivity index (χ1n) is 4.44. The van der Waals surface area contributed by atoms with Gasteiger partial charge in [0.15, 0.2) is 11.6 Å². The van der Waals surface area contributed by atoms with Crippen molar-refractivity contribution in [2.75, 3.05) is 6.54 Å². The van der Waals surface area contributed by atoms with E-state index in [0.29, 0.717) is 13.0 Å². The summed E-state index contributed by atoms with van der Waals surface area (Å²) in [5.41, 5.74) is 5.57. The van der Waals surface area contributed by atoms with E-state index in [1.807, 2.05) is 0 Å². The van der Waals surface area contributed by atoms with Gasteiger partial charge in [0.25, 0.3) is 0 Å². The summed E-state index contributed by atoms with van der Waals surface area (Å²) in [5.74, 6) is -2.97. The second-order valence-corrected chi connectivity index (χ2v) is 3.28. The number of hydrogen-bond acceptors (Lipinski definition) is 2. The van der Waals surface area contributed by atoms with Gasteiger partial charge in [-0.2, -0.15) is 4.39 Å². The molecule has 1 atom stereocenters. The lowest BCUT2D eigenvalue weighted by atomic mass is 9.97. The van der Waals surface area contributed by atoms with Crippen molar-refractivity contribution in [3.05, 3.63) is 29.3 Å². The van der Waals surface area contributed by atoms with Crippen molar-refractivity contribution in [3.8, 4) is 5.75 Å². The molecule has 0 aliphatic carbocycles. The van der Waals surface area contributed by atoms with Crippen molar-refractivity contribution < 1.29 is 13.9 Å². The summed E-state index contributed by atoms with van der Waals surface area (Å²) in [5, 5.41) is 8.90. The average Bonchev–Trinajstić information content (AvgIpc) is 2.15. The van der Waals surface area contributed by atoms with E-state index in [1.54, 1.807) is 6.92 Å². The van der Waals surface area contributed by atoms with Gasteiger partial charge >= 0.3 is 0 Å². The van der Waals surface area contributed by atoms with Crippen LogP contribution in [0, 0.1) is 11.6 Å². The van der Waals surface area contributed by atoms with Crippen molar-refractivity contribution in [2.45, 2.75) is 19.3 Å². The SMILES string of the molecule is CC(CCN)c1ccc(O)c(F)c1F. The smallest absolute Gasteiger partial charge is 0.200 e. The molecule has 0 heterocycles. The summed E-state index contributed by atoms with van der Waals surface area (Å²) in [4.78, 5) is 0. The van der Waals surface area contributed by atoms with Crippen LogP contribution in [0.15, 0.2) is 12.1 Å². The van der Waals surface area contributed by atoms with Gasteiger partial charge in [-0.15, -0.1) is 0 Å². The van der Waals surface area contributed by atoms with E-state index in [0.717, 1.165) is 6.07 Å². The Morgan fingerprint density at radius 3 is 2.57 bits per heavy atom. The van der Waals surface area contributed by atoms with Crippen molar-refractivity contribution in [1.29, 1.82) is 0 Å². The molecule has 1 aromatic carbocycles. The summed E-state index contributed by atoms with van der Waals surface area (Å²) in [6.45, 7) is 2.19. The molecule has 1 rings (SSSR count). The standard InChI is InChI=1S/C10H13F2NO/c1-6(4-5-13)7-2-3-8(14)10(12)9(7)11/h2-3,6,14H,4-5,13H2,1H3. The molecule has 14 heavy (non-hydrogen) atoms. The minimum Gasteiger partial charge on any atom is -0.505 e. The van der Waals surface area contributed by atoms with Gasteiger partial charge in [0, 0.05) is 0 Å². The van der Waals surface area contributed by atoms with Crippen LogP contribution in [0.2, 0.25) is 0 Å². The molecule has 0 aliphatic heterocycles. The fraction of sp³-hybridized carbons (Fsp3) is 0.400. The van der Waals surface area contributed by atoms with Crippen LogP contribution in [0.3, 0.4) is 0 Å². The second kappa shape index (κ2) is 4.37. The molecule has 0 amide bonds. The van der Waals surface area contributed by atoms with E-state index in [1.165, 1.54) is 6.07 Å². The number of benzene rings is 1. The first kappa shape index (κ1) is 10.9. The van der Waals surface area contributed by atoms with E-state index >= 15 is 0 Å². The molecule has 2 nitrogen and oxygen atoms in total. The van der Waals surface area contributed by atoms with Gasteiger partial charge in [-0.25, -0.2) is 4.39 Å². The highest BCUT2D eigenvalue weighted by Gasteiger charge is 2.16. The summed E-state index contributed by atoms with van der Waals surface area (Å²) in [7, 11) is 0. The lowest BCUT2D eigenvalue weighted by Gasteiger charge is -2.12. The Hall–Kier alpha value is -1.16. The topological polar surface area (TPSA) is 46.2 Å². The van der Waals surface area contributed by atoms with Crippen LogP contribution >= 0.6 is 0 Å². The van der Waals surface area contributed by atoms with E-state index < -0.39 is 17.4 Å². The van der Waals surface area contributed by atoms with Crippen LogP contribution in [0.4, 0.5) is 8.78 Å². The summed E-state index contributed by atoms with van der Waals surface area (Å²) in [6.07, 6.45) is 0.584. The minimum atomic E-state index is -1.19. The van der Waals surface area contributed by atoms with Gasteiger partial charge in [-0.1, -0.05) is 13.0 Å². The predicted molar refractivity (Wildman–Crippen MR) is 50.1 cm³/mol. The number of phenols is 1. The maximum Gasteiger partial charge on any atom is 0.200 e. The molecule has 3 N–H and O–H groups in total. The molecule has 0 spiro atoms. The Labute approximate surface area is 81.4 Å². The van der Waals surface area contributed by atoms with Crippen LogP contribution in [0.1, 0.15) is 24.8 Å². The van der Waals surface area contributed by atoms with Gasteiger partial charge in [-0.05, 0) is 30.5 Å². The Kier molecular flexibility index (Phi) is 3.41. The van der Waals surface area contributed by atoms with Gasteiger partial charge in [-0.3, -0.25) is 0 Å². The fourth-order valence-corrected chi connectivity index (χ4v) is 1.34. The molecular formula is C10H13F2NO. The minimum absolute atomic E-state index is 0.143. The molecule has 0 radical (unpaired) electrons. The highest BCUT2D eigenvalue weighted by molar-refractivity contribution is 5.31. The van der Waals surface area contributed by atoms with Crippen LogP contribution in [-0.4, -0.2) is 11.7 Å². The van der Waals surface area contributed by atoms with Gasteiger partial charge < -0.3 is 10.8 Å². The van der Waals surface area contributed by atoms with Crippen LogP contribution in [0.25, 0.3) is 0 Å². The number of aromatic hydroxyl groups is 1. The van der Waals surface area contributed by atoms with Crippen molar-refractivity contribution in [3.63, 3.8) is 0 Å². The molecule has 4 heteroatoms. The molecule has 78 valence electrons. The third kappa shape index (κ3) is 2.01. The zero-order valence-corrected chi connectivity index (χ0v) is 7.93. The average molecular weight is 201 g/mol. The second-order valence-electron chi connectivity index (χ2n) is 3.28. The number of nitrogens with two attached hydrogens (primary N) is 1. The molecule has 0 saturated heterocycles. The molecule has 0 fully saturated rings. The zero-order chi connectivity index (χ0) is 10.7. The number of halogens is 2. The number of hydrogen-bond donors (Lipinski definition) is 2. The van der Waals surface area contributed by atoms with E-state index in [2.05, 4.69) is 0 Å². The third-order valence-corrected chi connectivity index (χ3v) is 2.22. The quantitative estimate of drug-likeness (QED) is 0.786. The van der Waals surface area contributed by atoms with Crippen LogP contribution in [-0.2, 0) is 0 Å². The molecule has 0 aromatic heterocycles. The predicted octanol–water partition coefficient (Wildman–Crippen LogP) is 2.12. The molecular weight excluding hydrogens is 188 g/mol. The van der Waals surface area contributed by atoms with Crippen molar-refractivity contribution >= 4 is 0 Å². The lowest BCUT2D eigenvalue weighted by Crippen LogP contribution is -2.07. The maximum atomic E-state index is 13.3. The highest BCUT2D eigenvalue weighted by atomic mass is 19.2. The van der Waals surface area contributed by atoms with Gasteiger partial charge in [0.1, 0.15) is 0 Å². The Bertz CT molecular complexity index is 328. The van der Waals surface area contributed by atoms with Crippen LogP contribution < -0.4 is 5.73 Å². The van der Waals surface area contributed by atoms with Gasteiger partial charge in [0.2, 0.25) is 5.82 Å². The number of phenolic OH excluding ortho intramolecular Hbond substituents is 1. The monoisotopic (exact) mass is 201 g/mol. The summed E-state index contributed by atoms with van der Waals surface area (Å²) >= 11 is 0. The van der Waals surface area contributed by atoms with Crippen molar-refractivity contribution in [1.82, 2.24) is 0 Å². The zero-order valence-electron chi connectivity index (χ0n) is 7.93. The summed E-state index contributed by atoms with van der Waals surface area (Å²) < 4.78 is 26.2. The van der Waals surface area contributed by atoms with E-state index in [-0.39, 0.29) is 11.5 Å². The first-order chi connectivity index (χ1) is 6.57. The third-order valence-electron chi connectivity index (χ3n) is 2.22. The van der Waals surface area contributed by atoms with Gasteiger partial charge in [0.05, 0.1) is 0 Å². The van der Waals surface area contributed by atoms with E-state index in [4.69, 9.17) is 10.8 Å². The normalized spacial score (nSPS) is 12.9. The first-order valence-corrected chi connectivity index (χ1v) is 4.44. The molecule has 0 saturated carbocycles. The molecule has 1 unspecified atom stereocenters. The Balaban J connectivity index is 3.04.